The van der Waals surface area contributed by atoms with Gasteiger partial charge in [-0.25, -0.2) is 0 Å². The molecule has 0 fully saturated rings. The van der Waals surface area contributed by atoms with Crippen LogP contribution < -0.4 is 10.6 Å². The van der Waals surface area contributed by atoms with Gasteiger partial charge in [-0.2, -0.15) is 0 Å². The number of anilines is 2. The van der Waals surface area contributed by atoms with Crippen molar-refractivity contribution in [3.8, 4) is 0 Å². The number of nitrogens with one attached hydrogen (secondary N) is 2. The molecule has 0 aliphatic heterocycles. The Balaban J connectivity index is 2.03. The molecule has 0 saturated carbocycles. The summed E-state index contributed by atoms with van der Waals surface area (Å²) in [6.45, 7) is 2.04. The van der Waals surface area contributed by atoms with E-state index in [-0.39, 0.29) is 0 Å². The Morgan fingerprint density at radius 1 is 1.11 bits per heavy atom. The Morgan fingerprint density at radius 2 is 1.79 bits per heavy atom. The van der Waals surface area contributed by atoms with Crippen LogP contribution in [0.1, 0.15) is 5.56 Å². The monoisotopic (exact) mass is 354 g/mol. The SMILES string of the molecule is Cc1cccc(NC(=S)Nc2ccc(Br)c(Cl)c2)c1. The van der Waals surface area contributed by atoms with E-state index in [4.69, 9.17) is 23.8 Å². The maximum atomic E-state index is 6.03. The fourth-order valence-electron chi connectivity index (χ4n) is 1.59. The van der Waals surface area contributed by atoms with Crippen LogP contribution in [0, 0.1) is 6.92 Å². The standard InChI is InChI=1S/C14H12BrClN2S/c1-9-3-2-4-10(7-9)17-14(19)18-11-5-6-12(15)13(16)8-11/h2-8H,1H3,(H2,17,18,19). The lowest BCUT2D eigenvalue weighted by atomic mass is 10.2. The number of aryl methyl sites for hydroxylation is 1. The highest BCUT2D eigenvalue weighted by Crippen LogP contribution is 2.25. The van der Waals surface area contributed by atoms with E-state index in [0.29, 0.717) is 10.1 Å². The van der Waals surface area contributed by atoms with Gasteiger partial charge in [-0.05, 0) is 71.0 Å². The van der Waals surface area contributed by atoms with Crippen LogP contribution in [0.2, 0.25) is 5.02 Å². The zero-order valence-corrected chi connectivity index (χ0v) is 13.4. The molecule has 2 nitrogen and oxygen atoms in total. The van der Waals surface area contributed by atoms with Crippen molar-refractivity contribution in [3.05, 3.63) is 57.5 Å². The largest absolute Gasteiger partial charge is 0.332 e. The fourth-order valence-corrected chi connectivity index (χ4v) is 2.25. The maximum Gasteiger partial charge on any atom is 0.175 e. The molecule has 5 heteroatoms. The average molecular weight is 356 g/mol. The highest BCUT2D eigenvalue weighted by molar-refractivity contribution is 9.10. The summed E-state index contributed by atoms with van der Waals surface area (Å²) in [6.07, 6.45) is 0. The Labute approximate surface area is 131 Å². The lowest BCUT2D eigenvalue weighted by Crippen LogP contribution is -2.19. The molecule has 2 aromatic rings. The first kappa shape index (κ1) is 14.3. The average Bonchev–Trinajstić information content (AvgIpc) is 2.34. The second-order valence-electron chi connectivity index (χ2n) is 4.08. The number of halogens is 2. The summed E-state index contributed by atoms with van der Waals surface area (Å²) in [4.78, 5) is 0. The Morgan fingerprint density at radius 3 is 2.42 bits per heavy atom. The van der Waals surface area contributed by atoms with Gasteiger partial charge in [-0.1, -0.05) is 23.7 Å². The number of hydrogen-bond acceptors (Lipinski definition) is 1. The highest BCUT2D eigenvalue weighted by Gasteiger charge is 2.02. The van der Waals surface area contributed by atoms with Gasteiger partial charge in [0.25, 0.3) is 0 Å². The molecule has 2 N–H and O–H groups in total. The summed E-state index contributed by atoms with van der Waals surface area (Å²) >= 11 is 14.6. The van der Waals surface area contributed by atoms with Crippen LogP contribution in [0.15, 0.2) is 46.9 Å². The van der Waals surface area contributed by atoms with Crippen molar-refractivity contribution in [1.82, 2.24) is 0 Å². The summed E-state index contributed by atoms with van der Waals surface area (Å²) in [6, 6.07) is 13.6. The molecule has 0 amide bonds. The van der Waals surface area contributed by atoms with Crippen molar-refractivity contribution in [3.63, 3.8) is 0 Å². The highest BCUT2D eigenvalue weighted by atomic mass is 79.9. The van der Waals surface area contributed by atoms with Crippen molar-refractivity contribution in [2.75, 3.05) is 10.6 Å². The molecule has 0 aromatic heterocycles. The van der Waals surface area contributed by atoms with E-state index < -0.39 is 0 Å². The third kappa shape index (κ3) is 4.20. The molecule has 0 spiro atoms. The Kier molecular flexibility index (Phi) is 4.80. The van der Waals surface area contributed by atoms with Crippen molar-refractivity contribution < 1.29 is 0 Å². The predicted octanol–water partition coefficient (Wildman–Crippen LogP) is 5.22. The molecule has 0 atom stereocenters. The van der Waals surface area contributed by atoms with Gasteiger partial charge in [-0.3, -0.25) is 0 Å². The quantitative estimate of drug-likeness (QED) is 0.722. The molecule has 0 aliphatic rings. The normalized spacial score (nSPS) is 10.1. The molecule has 2 rings (SSSR count). The van der Waals surface area contributed by atoms with Gasteiger partial charge in [0.05, 0.1) is 5.02 Å². The molecule has 0 aliphatic carbocycles. The van der Waals surface area contributed by atoms with Gasteiger partial charge in [0.15, 0.2) is 5.11 Å². The zero-order chi connectivity index (χ0) is 13.8. The van der Waals surface area contributed by atoms with Crippen molar-refractivity contribution in [2.45, 2.75) is 6.92 Å². The first-order chi connectivity index (χ1) is 9.04. The number of hydrogen-bond donors (Lipinski definition) is 2. The Bertz CT molecular complexity index is 616. The first-order valence-electron chi connectivity index (χ1n) is 5.64. The molecular weight excluding hydrogens is 344 g/mol. The van der Waals surface area contributed by atoms with E-state index in [2.05, 4.69) is 26.6 Å². The van der Waals surface area contributed by atoms with Crippen molar-refractivity contribution in [1.29, 1.82) is 0 Å². The van der Waals surface area contributed by atoms with E-state index in [0.717, 1.165) is 15.8 Å². The first-order valence-corrected chi connectivity index (χ1v) is 7.22. The molecule has 0 radical (unpaired) electrons. The van der Waals surface area contributed by atoms with Crippen LogP contribution in [0.3, 0.4) is 0 Å². The van der Waals surface area contributed by atoms with Crippen LogP contribution in [-0.4, -0.2) is 5.11 Å². The van der Waals surface area contributed by atoms with Gasteiger partial charge < -0.3 is 10.6 Å². The van der Waals surface area contributed by atoms with Crippen LogP contribution in [0.5, 0.6) is 0 Å². The van der Waals surface area contributed by atoms with Crippen LogP contribution in [-0.2, 0) is 0 Å². The van der Waals surface area contributed by atoms with E-state index >= 15 is 0 Å². The molecule has 0 unspecified atom stereocenters. The zero-order valence-electron chi connectivity index (χ0n) is 10.2. The summed E-state index contributed by atoms with van der Waals surface area (Å²) in [5, 5.41) is 7.40. The topological polar surface area (TPSA) is 24.1 Å². The summed E-state index contributed by atoms with van der Waals surface area (Å²) in [7, 11) is 0. The summed E-state index contributed by atoms with van der Waals surface area (Å²) in [5.41, 5.74) is 2.98. The van der Waals surface area contributed by atoms with E-state index in [1.54, 1.807) is 0 Å². The van der Waals surface area contributed by atoms with E-state index in [1.165, 1.54) is 5.56 Å². The lowest BCUT2D eigenvalue weighted by Gasteiger charge is -2.11. The van der Waals surface area contributed by atoms with Gasteiger partial charge in [0, 0.05) is 15.8 Å². The Hall–Kier alpha value is -1.10. The lowest BCUT2D eigenvalue weighted by molar-refractivity contribution is 1.46. The third-order valence-corrected chi connectivity index (χ3v) is 3.89. The second kappa shape index (κ2) is 6.37. The minimum atomic E-state index is 0.531. The van der Waals surface area contributed by atoms with Gasteiger partial charge >= 0.3 is 0 Å². The molecule has 98 valence electrons. The molecule has 19 heavy (non-hydrogen) atoms. The number of rotatable bonds is 2. The van der Waals surface area contributed by atoms with E-state index in [9.17, 15) is 0 Å². The molecule has 0 saturated heterocycles. The van der Waals surface area contributed by atoms with Crippen molar-refractivity contribution in [2.24, 2.45) is 0 Å². The number of benzene rings is 2. The molecular formula is C14H12BrClN2S. The fraction of sp³-hybridized carbons (Fsp3) is 0.0714. The number of thiocarbonyl (C=S) groups is 1. The van der Waals surface area contributed by atoms with Crippen LogP contribution in [0.4, 0.5) is 11.4 Å². The van der Waals surface area contributed by atoms with Gasteiger partial charge in [-0.15, -0.1) is 0 Å². The van der Waals surface area contributed by atoms with E-state index in [1.807, 2.05) is 49.4 Å². The minimum absolute atomic E-state index is 0.531. The smallest absolute Gasteiger partial charge is 0.175 e. The maximum absolute atomic E-state index is 6.03. The molecule has 0 heterocycles. The van der Waals surface area contributed by atoms with Gasteiger partial charge in [0.2, 0.25) is 0 Å². The minimum Gasteiger partial charge on any atom is -0.332 e. The molecule has 0 bridgehead atoms. The summed E-state index contributed by atoms with van der Waals surface area (Å²) < 4.78 is 0.859. The summed E-state index contributed by atoms with van der Waals surface area (Å²) in [5.74, 6) is 0. The third-order valence-electron chi connectivity index (χ3n) is 2.45. The molecule has 2 aromatic carbocycles. The van der Waals surface area contributed by atoms with Crippen molar-refractivity contribution >= 4 is 56.2 Å². The second-order valence-corrected chi connectivity index (χ2v) is 5.75. The van der Waals surface area contributed by atoms with Crippen LogP contribution >= 0.6 is 39.7 Å². The van der Waals surface area contributed by atoms with Gasteiger partial charge in [0.1, 0.15) is 0 Å². The predicted molar refractivity (Wildman–Crippen MR) is 90.2 cm³/mol. The van der Waals surface area contributed by atoms with Crippen LogP contribution in [0.25, 0.3) is 0 Å².